The third kappa shape index (κ3) is 4.13. The van der Waals surface area contributed by atoms with Crippen LogP contribution in [0.1, 0.15) is 0 Å². The van der Waals surface area contributed by atoms with E-state index >= 15 is 0 Å². The second kappa shape index (κ2) is 8.54. The monoisotopic (exact) mass is 407 g/mol. The van der Waals surface area contributed by atoms with Crippen LogP contribution in [-0.2, 0) is 23.2 Å². The molecule has 1 saturated heterocycles. The summed E-state index contributed by atoms with van der Waals surface area (Å²) in [5.41, 5.74) is 2.15. The van der Waals surface area contributed by atoms with Gasteiger partial charge in [-0.05, 0) is 24.3 Å². The molecule has 1 aliphatic rings. The van der Waals surface area contributed by atoms with Crippen LogP contribution in [0.25, 0.3) is 11.0 Å². The van der Waals surface area contributed by atoms with Gasteiger partial charge in [-0.1, -0.05) is 30.3 Å². The minimum Gasteiger partial charge on any atom is -0.339 e. The van der Waals surface area contributed by atoms with E-state index in [2.05, 4.69) is 5.32 Å². The molecule has 0 spiro atoms. The average Bonchev–Trinajstić information content (AvgIpc) is 3.00. The fourth-order valence-corrected chi connectivity index (χ4v) is 3.83. The quantitative estimate of drug-likeness (QED) is 0.688. The highest BCUT2D eigenvalue weighted by Crippen LogP contribution is 2.12. The molecule has 0 radical (unpaired) electrons. The minimum atomic E-state index is -0.194. The first-order chi connectivity index (χ1) is 14.5. The van der Waals surface area contributed by atoms with Crippen LogP contribution in [0, 0.1) is 0 Å². The summed E-state index contributed by atoms with van der Waals surface area (Å²) in [7, 11) is 1.71. The number of hydrogen-bond acceptors (Lipinski definition) is 4. The Hall–Kier alpha value is -3.39. The fourth-order valence-electron chi connectivity index (χ4n) is 3.83. The van der Waals surface area contributed by atoms with Gasteiger partial charge >= 0.3 is 5.69 Å². The van der Waals surface area contributed by atoms with Gasteiger partial charge in [0.25, 0.3) is 0 Å². The lowest BCUT2D eigenvalue weighted by Gasteiger charge is -2.34. The van der Waals surface area contributed by atoms with Gasteiger partial charge in [0.1, 0.15) is 6.54 Å². The Kier molecular flexibility index (Phi) is 5.67. The molecule has 8 nitrogen and oxygen atoms in total. The van der Waals surface area contributed by atoms with Crippen LogP contribution in [0.4, 0.5) is 5.69 Å². The second-order valence-electron chi connectivity index (χ2n) is 7.49. The molecule has 1 aliphatic heterocycles. The van der Waals surface area contributed by atoms with Crippen molar-refractivity contribution in [3.8, 4) is 0 Å². The summed E-state index contributed by atoms with van der Waals surface area (Å²) in [6.45, 7) is 2.64. The molecule has 0 saturated carbocycles. The number of hydrogen-bond donors (Lipinski definition) is 1. The first kappa shape index (κ1) is 19.9. The largest absolute Gasteiger partial charge is 0.339 e. The maximum atomic E-state index is 12.8. The molecular weight excluding hydrogens is 382 g/mol. The number of benzene rings is 2. The summed E-state index contributed by atoms with van der Waals surface area (Å²) in [5.74, 6) is -0.148. The van der Waals surface area contributed by atoms with E-state index in [0.29, 0.717) is 32.7 Å². The van der Waals surface area contributed by atoms with Gasteiger partial charge in [-0.3, -0.25) is 23.6 Å². The van der Waals surface area contributed by atoms with E-state index in [9.17, 15) is 14.4 Å². The predicted molar refractivity (Wildman–Crippen MR) is 115 cm³/mol. The van der Waals surface area contributed by atoms with E-state index in [1.807, 2.05) is 59.5 Å². The number of fused-ring (bicyclic) bond motifs is 1. The third-order valence-electron chi connectivity index (χ3n) is 5.49. The first-order valence-corrected chi connectivity index (χ1v) is 10.0. The van der Waals surface area contributed by atoms with Crippen LogP contribution >= 0.6 is 0 Å². The summed E-state index contributed by atoms with van der Waals surface area (Å²) in [6, 6.07) is 16.8. The Bertz CT molecular complexity index is 1110. The summed E-state index contributed by atoms with van der Waals surface area (Å²) < 4.78 is 3.09. The Morgan fingerprint density at radius 2 is 1.50 bits per heavy atom. The number of anilines is 1. The lowest BCUT2D eigenvalue weighted by Crippen LogP contribution is -2.51. The highest BCUT2D eigenvalue weighted by molar-refractivity contribution is 5.92. The maximum absolute atomic E-state index is 12.8. The zero-order valence-corrected chi connectivity index (χ0v) is 17.0. The molecule has 1 N–H and O–H groups in total. The number of piperazine rings is 1. The van der Waals surface area contributed by atoms with Crippen LogP contribution in [0.15, 0.2) is 59.4 Å². The van der Waals surface area contributed by atoms with Gasteiger partial charge in [-0.15, -0.1) is 0 Å². The maximum Gasteiger partial charge on any atom is 0.329 e. The molecule has 2 heterocycles. The van der Waals surface area contributed by atoms with E-state index in [0.717, 1.165) is 16.7 Å². The molecule has 1 fully saturated rings. The van der Waals surface area contributed by atoms with Crippen molar-refractivity contribution in [2.45, 2.75) is 6.54 Å². The Morgan fingerprint density at radius 1 is 0.867 bits per heavy atom. The van der Waals surface area contributed by atoms with Crippen molar-refractivity contribution >= 4 is 28.5 Å². The Morgan fingerprint density at radius 3 is 2.20 bits per heavy atom. The van der Waals surface area contributed by atoms with Crippen molar-refractivity contribution in [1.29, 1.82) is 0 Å². The number of aryl methyl sites for hydroxylation is 1. The normalized spacial score (nSPS) is 14.8. The Balaban J connectivity index is 1.32. The van der Waals surface area contributed by atoms with Crippen molar-refractivity contribution in [2.24, 2.45) is 7.05 Å². The van der Waals surface area contributed by atoms with E-state index in [1.165, 1.54) is 4.57 Å². The van der Waals surface area contributed by atoms with Crippen molar-refractivity contribution in [3.05, 3.63) is 65.1 Å². The second-order valence-corrected chi connectivity index (χ2v) is 7.49. The number of imidazole rings is 1. The van der Waals surface area contributed by atoms with Crippen molar-refractivity contribution < 1.29 is 9.59 Å². The topological polar surface area (TPSA) is 79.6 Å². The number of nitrogens with zero attached hydrogens (tertiary/aromatic N) is 4. The van der Waals surface area contributed by atoms with Gasteiger partial charge < -0.3 is 10.2 Å². The number of nitrogens with one attached hydrogen (secondary N) is 1. The zero-order chi connectivity index (χ0) is 21.1. The minimum absolute atomic E-state index is 0.0225. The molecule has 1 aromatic heterocycles. The van der Waals surface area contributed by atoms with E-state index in [-0.39, 0.29) is 24.0 Å². The molecule has 0 unspecified atom stereocenters. The standard InChI is InChI=1S/C22H25N5O3/c1-24-18-9-5-6-10-19(18)27(22(24)30)16-21(29)26-13-11-25(12-14-26)15-20(28)23-17-7-3-2-4-8-17/h2-10H,11-16H2,1H3,(H,23,28). The lowest BCUT2D eigenvalue weighted by atomic mass is 10.3. The van der Waals surface area contributed by atoms with Crippen molar-refractivity contribution in [2.75, 3.05) is 38.0 Å². The summed E-state index contributed by atoms with van der Waals surface area (Å²) in [6.07, 6.45) is 0. The molecule has 2 amide bonds. The van der Waals surface area contributed by atoms with Crippen LogP contribution < -0.4 is 11.0 Å². The number of amides is 2. The van der Waals surface area contributed by atoms with Crippen LogP contribution in [-0.4, -0.2) is 63.5 Å². The predicted octanol–water partition coefficient (Wildman–Crippen LogP) is 1.12. The Labute approximate surface area is 174 Å². The SMILES string of the molecule is Cn1c(=O)n(CC(=O)N2CCN(CC(=O)Nc3ccccc3)CC2)c2ccccc21. The van der Waals surface area contributed by atoms with Gasteiger partial charge in [0.2, 0.25) is 11.8 Å². The number of carbonyl (C=O) groups excluding carboxylic acids is 2. The van der Waals surface area contributed by atoms with E-state index in [4.69, 9.17) is 0 Å². The van der Waals surface area contributed by atoms with E-state index in [1.54, 1.807) is 16.5 Å². The molecule has 2 aromatic carbocycles. The van der Waals surface area contributed by atoms with Gasteiger partial charge in [-0.2, -0.15) is 0 Å². The lowest BCUT2D eigenvalue weighted by molar-refractivity contribution is -0.133. The third-order valence-corrected chi connectivity index (χ3v) is 5.49. The summed E-state index contributed by atoms with van der Waals surface area (Å²) in [4.78, 5) is 41.4. The number of rotatable bonds is 5. The van der Waals surface area contributed by atoms with Crippen LogP contribution in [0.3, 0.4) is 0 Å². The van der Waals surface area contributed by atoms with Gasteiger partial charge in [0, 0.05) is 38.9 Å². The highest BCUT2D eigenvalue weighted by Gasteiger charge is 2.24. The molecular formula is C22H25N5O3. The zero-order valence-electron chi connectivity index (χ0n) is 17.0. The van der Waals surface area contributed by atoms with E-state index < -0.39 is 0 Å². The molecule has 8 heteroatoms. The number of aromatic nitrogens is 2. The average molecular weight is 407 g/mol. The molecule has 0 atom stereocenters. The molecule has 4 rings (SSSR count). The summed E-state index contributed by atoms with van der Waals surface area (Å²) in [5, 5.41) is 2.88. The molecule has 3 aromatic rings. The van der Waals surface area contributed by atoms with Crippen molar-refractivity contribution in [1.82, 2.24) is 18.9 Å². The van der Waals surface area contributed by atoms with Gasteiger partial charge in [0.05, 0.1) is 17.6 Å². The van der Waals surface area contributed by atoms with Gasteiger partial charge in [0.15, 0.2) is 0 Å². The first-order valence-electron chi connectivity index (χ1n) is 10.0. The highest BCUT2D eigenvalue weighted by atomic mass is 16.2. The van der Waals surface area contributed by atoms with Crippen LogP contribution in [0.2, 0.25) is 0 Å². The fraction of sp³-hybridized carbons (Fsp3) is 0.318. The van der Waals surface area contributed by atoms with Crippen molar-refractivity contribution in [3.63, 3.8) is 0 Å². The molecule has 0 bridgehead atoms. The molecule has 0 aliphatic carbocycles. The number of carbonyl (C=O) groups is 2. The van der Waals surface area contributed by atoms with Gasteiger partial charge in [-0.25, -0.2) is 4.79 Å². The molecule has 30 heavy (non-hydrogen) atoms. The molecule has 156 valence electrons. The number of para-hydroxylation sites is 3. The summed E-state index contributed by atoms with van der Waals surface area (Å²) >= 11 is 0. The van der Waals surface area contributed by atoms with Crippen LogP contribution in [0.5, 0.6) is 0 Å². The smallest absolute Gasteiger partial charge is 0.329 e.